The van der Waals surface area contributed by atoms with E-state index < -0.39 is 12.1 Å². The smallest absolute Gasteiger partial charge is 0.220 e. The third-order valence-electron chi connectivity index (χ3n) is 4.07. The lowest BCUT2D eigenvalue weighted by Gasteiger charge is -2.18. The van der Waals surface area contributed by atoms with Gasteiger partial charge < -0.3 is 0 Å². The first-order valence-corrected chi connectivity index (χ1v) is 9.06. The Morgan fingerprint density at radius 3 is 2.38 bits per heavy atom. The standard InChI is InChI=1S/C20H13Cl2F3N4/c1-12-27-11-29(28-12)19-5-3-13(6-15(19)10-26)2-4-18(20(23,24)25)14-7-16(21)9-17(22)8-14/h2-9,11,18H,1H3. The normalized spacial score (nSPS) is 12.9. The molecule has 9 heteroatoms. The molecule has 0 saturated carbocycles. The van der Waals surface area contributed by atoms with Crippen LogP contribution in [0.5, 0.6) is 0 Å². The fourth-order valence-electron chi connectivity index (χ4n) is 2.78. The van der Waals surface area contributed by atoms with Crippen LogP contribution in [0.15, 0.2) is 48.8 Å². The molecule has 148 valence electrons. The molecule has 1 unspecified atom stereocenters. The Morgan fingerprint density at radius 1 is 1.14 bits per heavy atom. The Morgan fingerprint density at radius 2 is 1.83 bits per heavy atom. The number of rotatable bonds is 4. The minimum absolute atomic E-state index is 0.0681. The van der Waals surface area contributed by atoms with E-state index in [0.29, 0.717) is 17.1 Å². The van der Waals surface area contributed by atoms with Crippen molar-refractivity contribution in [3.63, 3.8) is 0 Å². The highest BCUT2D eigenvalue weighted by Gasteiger charge is 2.39. The van der Waals surface area contributed by atoms with Crippen molar-refractivity contribution < 1.29 is 13.2 Å². The summed E-state index contributed by atoms with van der Waals surface area (Å²) in [7, 11) is 0. The number of hydrogen-bond acceptors (Lipinski definition) is 3. The number of aryl methyl sites for hydroxylation is 1. The van der Waals surface area contributed by atoms with Gasteiger partial charge in [0.1, 0.15) is 18.2 Å². The van der Waals surface area contributed by atoms with E-state index in [2.05, 4.69) is 10.1 Å². The second-order valence-electron chi connectivity index (χ2n) is 6.21. The SMILES string of the molecule is Cc1ncn(-c2ccc(C=CC(c3cc(Cl)cc(Cl)c3)C(F)(F)F)cc2C#N)n1. The van der Waals surface area contributed by atoms with Gasteiger partial charge in [0, 0.05) is 10.0 Å². The van der Waals surface area contributed by atoms with E-state index in [1.165, 1.54) is 41.4 Å². The number of hydrogen-bond donors (Lipinski definition) is 0. The third-order valence-corrected chi connectivity index (χ3v) is 4.51. The van der Waals surface area contributed by atoms with Crippen LogP contribution >= 0.6 is 23.2 Å². The van der Waals surface area contributed by atoms with Crippen LogP contribution in [0.1, 0.15) is 28.4 Å². The molecule has 0 bridgehead atoms. The number of benzene rings is 2. The molecule has 3 aromatic rings. The molecule has 0 aliphatic rings. The lowest BCUT2D eigenvalue weighted by atomic mass is 9.96. The summed E-state index contributed by atoms with van der Waals surface area (Å²) in [5, 5.41) is 13.8. The van der Waals surface area contributed by atoms with Crippen LogP contribution in [0.2, 0.25) is 10.0 Å². The maximum Gasteiger partial charge on any atom is 0.399 e. The van der Waals surface area contributed by atoms with Crippen molar-refractivity contribution in [3.8, 4) is 11.8 Å². The van der Waals surface area contributed by atoms with Gasteiger partial charge in [-0.05, 0) is 48.4 Å². The molecule has 0 amide bonds. The molecule has 0 aliphatic carbocycles. The zero-order valence-electron chi connectivity index (χ0n) is 15.0. The van der Waals surface area contributed by atoms with Crippen molar-refractivity contribution in [2.24, 2.45) is 0 Å². The Labute approximate surface area is 174 Å². The topological polar surface area (TPSA) is 54.5 Å². The summed E-state index contributed by atoms with van der Waals surface area (Å²) >= 11 is 11.7. The fourth-order valence-corrected chi connectivity index (χ4v) is 3.32. The van der Waals surface area contributed by atoms with Crippen LogP contribution < -0.4 is 0 Å². The summed E-state index contributed by atoms with van der Waals surface area (Å²) in [6, 6.07) is 10.5. The van der Waals surface area contributed by atoms with Crippen molar-refractivity contribution in [2.45, 2.75) is 19.0 Å². The monoisotopic (exact) mass is 436 g/mol. The predicted octanol–water partition coefficient (Wildman–Crippen LogP) is 6.11. The lowest BCUT2D eigenvalue weighted by Crippen LogP contribution is -2.18. The number of nitrogens with zero attached hydrogens (tertiary/aromatic N) is 4. The van der Waals surface area contributed by atoms with Gasteiger partial charge >= 0.3 is 6.18 Å². The first-order chi connectivity index (χ1) is 13.7. The zero-order valence-corrected chi connectivity index (χ0v) is 16.5. The molecule has 1 atom stereocenters. The zero-order chi connectivity index (χ0) is 21.2. The fraction of sp³-hybridized carbons (Fsp3) is 0.150. The van der Waals surface area contributed by atoms with Crippen LogP contribution in [0.4, 0.5) is 13.2 Å². The van der Waals surface area contributed by atoms with Crippen molar-refractivity contribution in [2.75, 3.05) is 0 Å². The maximum absolute atomic E-state index is 13.6. The molecular formula is C20H13Cl2F3N4. The van der Waals surface area contributed by atoms with Crippen molar-refractivity contribution in [1.29, 1.82) is 5.26 Å². The Hall–Kier alpha value is -2.82. The van der Waals surface area contributed by atoms with E-state index in [1.807, 2.05) is 6.07 Å². The van der Waals surface area contributed by atoms with Gasteiger partial charge in [-0.1, -0.05) is 41.4 Å². The maximum atomic E-state index is 13.6. The van der Waals surface area contributed by atoms with Gasteiger partial charge in [0.15, 0.2) is 0 Å². The van der Waals surface area contributed by atoms with E-state index >= 15 is 0 Å². The second kappa shape index (κ2) is 8.27. The highest BCUT2D eigenvalue weighted by atomic mass is 35.5. The molecule has 0 saturated heterocycles. The largest absolute Gasteiger partial charge is 0.399 e. The van der Waals surface area contributed by atoms with Crippen molar-refractivity contribution >= 4 is 29.3 Å². The number of nitriles is 1. The van der Waals surface area contributed by atoms with Crippen molar-refractivity contribution in [1.82, 2.24) is 14.8 Å². The lowest BCUT2D eigenvalue weighted by molar-refractivity contribution is -0.139. The Balaban J connectivity index is 1.97. The molecular weight excluding hydrogens is 424 g/mol. The van der Waals surface area contributed by atoms with Gasteiger partial charge in [-0.25, -0.2) is 9.67 Å². The van der Waals surface area contributed by atoms with Crippen LogP contribution in [-0.4, -0.2) is 20.9 Å². The van der Waals surface area contributed by atoms with Gasteiger partial charge in [0.2, 0.25) is 0 Å². The molecule has 1 aromatic heterocycles. The summed E-state index contributed by atoms with van der Waals surface area (Å²) in [5.74, 6) is -1.37. The number of alkyl halides is 3. The molecule has 4 nitrogen and oxygen atoms in total. The van der Waals surface area contributed by atoms with Gasteiger partial charge in [0.25, 0.3) is 0 Å². The first kappa shape index (κ1) is 20.9. The number of halogens is 5. The highest BCUT2D eigenvalue weighted by Crippen LogP contribution is 2.38. The van der Waals surface area contributed by atoms with E-state index in [0.717, 1.165) is 6.08 Å². The summed E-state index contributed by atoms with van der Waals surface area (Å²) in [6.45, 7) is 1.71. The van der Waals surface area contributed by atoms with Crippen LogP contribution in [0.3, 0.4) is 0 Å². The predicted molar refractivity (Wildman–Crippen MR) is 105 cm³/mol. The summed E-state index contributed by atoms with van der Waals surface area (Å²) < 4.78 is 42.2. The van der Waals surface area contributed by atoms with E-state index in [-0.39, 0.29) is 21.2 Å². The molecule has 3 rings (SSSR count). The summed E-state index contributed by atoms with van der Waals surface area (Å²) in [5.41, 5.74) is 1.11. The third kappa shape index (κ3) is 4.97. The molecule has 1 heterocycles. The summed E-state index contributed by atoms with van der Waals surface area (Å²) in [6.07, 6.45) is -0.758. The van der Waals surface area contributed by atoms with Crippen LogP contribution in [-0.2, 0) is 0 Å². The molecule has 0 spiro atoms. The number of allylic oxidation sites excluding steroid dienone is 1. The van der Waals surface area contributed by atoms with Crippen LogP contribution in [0, 0.1) is 18.3 Å². The minimum atomic E-state index is -4.54. The van der Waals surface area contributed by atoms with E-state index in [4.69, 9.17) is 23.2 Å². The van der Waals surface area contributed by atoms with Gasteiger partial charge in [0.05, 0.1) is 17.2 Å². The van der Waals surface area contributed by atoms with Gasteiger partial charge in [-0.2, -0.15) is 23.5 Å². The Bertz CT molecular complexity index is 1090. The number of aromatic nitrogens is 3. The second-order valence-corrected chi connectivity index (χ2v) is 7.08. The molecule has 0 radical (unpaired) electrons. The van der Waals surface area contributed by atoms with Crippen LogP contribution in [0.25, 0.3) is 11.8 Å². The average Bonchev–Trinajstić information content (AvgIpc) is 3.06. The molecule has 2 aromatic carbocycles. The van der Waals surface area contributed by atoms with Gasteiger partial charge in [-0.15, -0.1) is 0 Å². The minimum Gasteiger partial charge on any atom is -0.220 e. The Kier molecular flexibility index (Phi) is 5.96. The average molecular weight is 437 g/mol. The molecule has 0 N–H and O–H groups in total. The molecule has 0 fully saturated rings. The quantitative estimate of drug-likeness (QED) is 0.495. The molecule has 29 heavy (non-hydrogen) atoms. The summed E-state index contributed by atoms with van der Waals surface area (Å²) in [4.78, 5) is 4.01. The highest BCUT2D eigenvalue weighted by molar-refractivity contribution is 6.34. The van der Waals surface area contributed by atoms with E-state index in [1.54, 1.807) is 19.1 Å². The van der Waals surface area contributed by atoms with E-state index in [9.17, 15) is 18.4 Å². The first-order valence-electron chi connectivity index (χ1n) is 8.31. The molecule has 0 aliphatic heterocycles. The van der Waals surface area contributed by atoms with Crippen molar-refractivity contribution in [3.05, 3.63) is 81.4 Å². The van der Waals surface area contributed by atoms with Gasteiger partial charge in [-0.3, -0.25) is 0 Å².